The molecule has 9 nitrogen and oxygen atoms in total. The number of ether oxygens (including phenoxy) is 2. The number of nitrogens with zero attached hydrogens (tertiary/aromatic N) is 1. The van der Waals surface area contributed by atoms with Crippen molar-refractivity contribution >= 4 is 19.8 Å². The number of hydrogen-bond acceptors (Lipinski definition) is 8. The summed E-state index contributed by atoms with van der Waals surface area (Å²) < 4.78 is 33.8. The van der Waals surface area contributed by atoms with Gasteiger partial charge in [0.05, 0.1) is 27.7 Å². The highest BCUT2D eigenvalue weighted by Gasteiger charge is 2.21. The number of allylic oxidation sites excluding steroid dienone is 8. The third-order valence-electron chi connectivity index (χ3n) is 9.36. The Labute approximate surface area is 343 Å². The second-order valence-corrected chi connectivity index (χ2v) is 17.4. The van der Waals surface area contributed by atoms with Gasteiger partial charge in [0.1, 0.15) is 19.8 Å². The maximum absolute atomic E-state index is 12.7. The standard InChI is InChI=1S/C46H84NO8P/c1-6-8-10-12-14-16-17-18-19-20-21-22-23-24-25-26-27-28-29-31-33-35-37-39-46(49)55-44(43-54-56(50,51)53-41-40-47(3,4)5)42-52-45(48)38-36-34-32-30-15-13-11-9-7-2/h8,10,14,16,18-19,21-22,44H,6-7,9,11-13,15,17,20,23-43H2,1-5H3/b10-8-,16-14-,19-18-,22-21-. The fourth-order valence-corrected chi connectivity index (χ4v) is 6.61. The molecule has 0 aromatic heterocycles. The van der Waals surface area contributed by atoms with Gasteiger partial charge in [0.25, 0.3) is 7.82 Å². The second kappa shape index (κ2) is 38.5. The highest BCUT2D eigenvalue weighted by atomic mass is 31.2. The Bertz CT molecular complexity index is 1100. The summed E-state index contributed by atoms with van der Waals surface area (Å²) in [6, 6.07) is 0. The summed E-state index contributed by atoms with van der Waals surface area (Å²) in [6.45, 7) is 4.08. The van der Waals surface area contributed by atoms with Crippen molar-refractivity contribution in [1.82, 2.24) is 0 Å². The molecule has 0 amide bonds. The smallest absolute Gasteiger partial charge is 0.306 e. The molecule has 0 aromatic carbocycles. The molecule has 0 spiro atoms. The number of unbranched alkanes of at least 4 members (excludes halogenated alkanes) is 18. The molecular weight excluding hydrogens is 725 g/mol. The molecule has 0 N–H and O–H groups in total. The van der Waals surface area contributed by atoms with Crippen LogP contribution in [0.2, 0.25) is 0 Å². The molecule has 0 aromatic rings. The zero-order valence-corrected chi connectivity index (χ0v) is 37.5. The lowest BCUT2D eigenvalue weighted by atomic mass is 10.0. The van der Waals surface area contributed by atoms with E-state index in [1.54, 1.807) is 0 Å². The SMILES string of the molecule is CC/C=C\C/C=C\C/C=C\C/C=C\CCCCCCCCCCCCC(=O)OC(COC(=O)CCCCCCCCCCC)COP(=O)([O-])OCC[N+](C)(C)C. The summed E-state index contributed by atoms with van der Waals surface area (Å²) in [6.07, 6.45) is 44.3. The lowest BCUT2D eigenvalue weighted by Gasteiger charge is -2.28. The number of rotatable bonds is 40. The molecule has 0 fully saturated rings. The molecule has 2 atom stereocenters. The van der Waals surface area contributed by atoms with Crippen molar-refractivity contribution in [1.29, 1.82) is 0 Å². The summed E-state index contributed by atoms with van der Waals surface area (Å²) in [7, 11) is 1.16. The van der Waals surface area contributed by atoms with Crippen molar-refractivity contribution in [2.75, 3.05) is 47.5 Å². The van der Waals surface area contributed by atoms with E-state index in [0.29, 0.717) is 17.4 Å². The van der Waals surface area contributed by atoms with Crippen molar-refractivity contribution in [2.24, 2.45) is 0 Å². The quantitative estimate of drug-likeness (QED) is 0.0198. The third kappa shape index (κ3) is 41.6. The van der Waals surface area contributed by atoms with Gasteiger partial charge in [-0.1, -0.05) is 165 Å². The van der Waals surface area contributed by atoms with Crippen LogP contribution in [0.5, 0.6) is 0 Å². The Kier molecular flexibility index (Phi) is 37.1. The fourth-order valence-electron chi connectivity index (χ4n) is 5.88. The van der Waals surface area contributed by atoms with E-state index in [-0.39, 0.29) is 32.0 Å². The van der Waals surface area contributed by atoms with Crippen molar-refractivity contribution in [3.63, 3.8) is 0 Å². The summed E-state index contributed by atoms with van der Waals surface area (Å²) in [5.74, 6) is -0.842. The minimum absolute atomic E-state index is 0.0320. The Balaban J connectivity index is 4.23. The molecule has 0 aliphatic heterocycles. The molecule has 10 heteroatoms. The van der Waals surface area contributed by atoms with Crippen LogP contribution in [0.25, 0.3) is 0 Å². The van der Waals surface area contributed by atoms with Crippen LogP contribution in [0.4, 0.5) is 0 Å². The maximum atomic E-state index is 12.7. The lowest BCUT2D eigenvalue weighted by Crippen LogP contribution is -2.37. The first-order chi connectivity index (χ1) is 27.0. The highest BCUT2D eigenvalue weighted by Crippen LogP contribution is 2.38. The van der Waals surface area contributed by atoms with E-state index in [1.165, 1.54) is 77.0 Å². The number of phosphoric ester groups is 1. The molecule has 0 aliphatic rings. The fraction of sp³-hybridized carbons (Fsp3) is 0.783. The monoisotopic (exact) mass is 810 g/mol. The van der Waals surface area contributed by atoms with Gasteiger partial charge >= 0.3 is 11.9 Å². The van der Waals surface area contributed by atoms with Gasteiger partial charge in [-0.15, -0.1) is 0 Å². The van der Waals surface area contributed by atoms with E-state index in [4.69, 9.17) is 18.5 Å². The van der Waals surface area contributed by atoms with Crippen LogP contribution >= 0.6 is 7.82 Å². The average Bonchev–Trinajstić information content (AvgIpc) is 3.15. The predicted molar refractivity (Wildman–Crippen MR) is 231 cm³/mol. The molecule has 0 saturated carbocycles. The normalized spacial score (nSPS) is 14.0. The van der Waals surface area contributed by atoms with Crippen molar-refractivity contribution in [3.05, 3.63) is 48.6 Å². The second-order valence-electron chi connectivity index (χ2n) is 16.0. The van der Waals surface area contributed by atoms with Crippen LogP contribution in [-0.4, -0.2) is 70.0 Å². The molecule has 0 aliphatic carbocycles. The van der Waals surface area contributed by atoms with Gasteiger partial charge < -0.3 is 27.9 Å². The highest BCUT2D eigenvalue weighted by molar-refractivity contribution is 7.45. The van der Waals surface area contributed by atoms with Crippen LogP contribution in [0.1, 0.15) is 181 Å². The maximum Gasteiger partial charge on any atom is 0.306 e. The minimum atomic E-state index is -4.62. The molecular formula is C46H84NO8P. The average molecular weight is 810 g/mol. The van der Waals surface area contributed by atoms with Gasteiger partial charge in [-0.25, -0.2) is 0 Å². The number of carbonyl (C=O) groups is 2. The van der Waals surface area contributed by atoms with Crippen LogP contribution < -0.4 is 4.89 Å². The number of likely N-dealkylation sites (N-methyl/N-ethyl adjacent to an activating group) is 1. The van der Waals surface area contributed by atoms with Crippen molar-refractivity contribution < 1.29 is 42.1 Å². The van der Waals surface area contributed by atoms with Gasteiger partial charge in [-0.2, -0.15) is 0 Å². The van der Waals surface area contributed by atoms with E-state index in [9.17, 15) is 19.0 Å². The van der Waals surface area contributed by atoms with Gasteiger partial charge in [-0.3, -0.25) is 14.2 Å². The molecule has 0 rings (SSSR count). The Morgan fingerprint density at radius 2 is 1.02 bits per heavy atom. The molecule has 0 saturated heterocycles. The van der Waals surface area contributed by atoms with Crippen molar-refractivity contribution in [2.45, 2.75) is 187 Å². The van der Waals surface area contributed by atoms with Gasteiger partial charge in [0.15, 0.2) is 6.10 Å². The first-order valence-corrected chi connectivity index (χ1v) is 23.8. The molecule has 56 heavy (non-hydrogen) atoms. The molecule has 326 valence electrons. The van der Waals surface area contributed by atoms with Crippen LogP contribution in [0.3, 0.4) is 0 Å². The summed E-state index contributed by atoms with van der Waals surface area (Å²) >= 11 is 0. The number of carbonyl (C=O) groups excluding carboxylic acids is 2. The van der Waals surface area contributed by atoms with Crippen LogP contribution in [0.15, 0.2) is 48.6 Å². The van der Waals surface area contributed by atoms with E-state index in [2.05, 4.69) is 62.5 Å². The Morgan fingerprint density at radius 1 is 0.571 bits per heavy atom. The Hall–Kier alpha value is -2.03. The molecule has 0 heterocycles. The summed E-state index contributed by atoms with van der Waals surface area (Å²) in [4.78, 5) is 37.4. The zero-order chi connectivity index (χ0) is 41.4. The molecule has 2 unspecified atom stereocenters. The van der Waals surface area contributed by atoms with Crippen LogP contribution in [-0.2, 0) is 32.7 Å². The van der Waals surface area contributed by atoms with Gasteiger partial charge in [0, 0.05) is 12.8 Å². The lowest BCUT2D eigenvalue weighted by molar-refractivity contribution is -0.870. The Morgan fingerprint density at radius 3 is 1.52 bits per heavy atom. The molecule has 0 radical (unpaired) electrons. The van der Waals surface area contributed by atoms with Crippen LogP contribution in [0, 0.1) is 0 Å². The third-order valence-corrected chi connectivity index (χ3v) is 10.3. The van der Waals surface area contributed by atoms with E-state index in [1.807, 2.05) is 21.1 Å². The molecule has 0 bridgehead atoms. The van der Waals surface area contributed by atoms with Crippen molar-refractivity contribution in [3.8, 4) is 0 Å². The first-order valence-electron chi connectivity index (χ1n) is 22.3. The topological polar surface area (TPSA) is 111 Å². The zero-order valence-electron chi connectivity index (χ0n) is 36.6. The van der Waals surface area contributed by atoms with E-state index in [0.717, 1.165) is 70.6 Å². The summed E-state index contributed by atoms with van der Waals surface area (Å²) in [5, 5.41) is 0. The number of quaternary nitrogens is 1. The predicted octanol–water partition coefficient (Wildman–Crippen LogP) is 12.1. The first kappa shape index (κ1) is 54.0. The number of phosphoric acid groups is 1. The summed E-state index contributed by atoms with van der Waals surface area (Å²) in [5.41, 5.74) is 0. The van der Waals surface area contributed by atoms with Gasteiger partial charge in [0.2, 0.25) is 0 Å². The number of esters is 2. The minimum Gasteiger partial charge on any atom is -0.756 e. The van der Waals surface area contributed by atoms with E-state index >= 15 is 0 Å². The largest absolute Gasteiger partial charge is 0.756 e. The van der Waals surface area contributed by atoms with E-state index < -0.39 is 26.5 Å². The van der Waals surface area contributed by atoms with Gasteiger partial charge in [-0.05, 0) is 51.4 Å². The number of hydrogen-bond donors (Lipinski definition) is 0.